The third kappa shape index (κ3) is 2.55. The van der Waals surface area contributed by atoms with Crippen LogP contribution in [0.5, 0.6) is 0 Å². The molecule has 1 N–H and O–H groups in total. The maximum atomic E-state index is 13.6. The second kappa shape index (κ2) is 6.71. The summed E-state index contributed by atoms with van der Waals surface area (Å²) in [5.74, 6) is 0. The average Bonchev–Trinajstić information content (AvgIpc) is 3.41. The predicted octanol–water partition coefficient (Wildman–Crippen LogP) is 7.04. The molecule has 0 aliphatic heterocycles. The molecule has 7 rings (SSSR count). The predicted molar refractivity (Wildman–Crippen MR) is 134 cm³/mol. The van der Waals surface area contributed by atoms with E-state index in [0.717, 1.165) is 55.2 Å². The summed E-state index contributed by atoms with van der Waals surface area (Å²) in [7, 11) is 0. The van der Waals surface area contributed by atoms with Crippen molar-refractivity contribution in [2.75, 3.05) is 0 Å². The molecule has 0 aliphatic carbocycles. The van der Waals surface area contributed by atoms with E-state index in [4.69, 9.17) is 4.42 Å². The van der Waals surface area contributed by atoms with Gasteiger partial charge in [0.1, 0.15) is 16.7 Å². The van der Waals surface area contributed by atoms with Crippen LogP contribution in [0, 0.1) is 0 Å². The maximum Gasteiger partial charge on any atom is 0.273 e. The van der Waals surface area contributed by atoms with Gasteiger partial charge in [-0.25, -0.2) is 0 Å². The van der Waals surface area contributed by atoms with Crippen LogP contribution in [-0.4, -0.2) is 9.55 Å². The Morgan fingerprint density at radius 1 is 0.667 bits per heavy atom. The highest BCUT2D eigenvalue weighted by Crippen LogP contribution is 2.38. The van der Waals surface area contributed by atoms with Crippen molar-refractivity contribution >= 4 is 43.7 Å². The largest absolute Gasteiger partial charge is 0.456 e. The van der Waals surface area contributed by atoms with Gasteiger partial charge < -0.3 is 14.0 Å². The zero-order valence-electron chi connectivity index (χ0n) is 17.6. The second-order valence-electron chi connectivity index (χ2n) is 8.24. The number of H-pyrrole nitrogens is 1. The number of benzene rings is 4. The van der Waals surface area contributed by atoms with E-state index in [1.165, 1.54) is 0 Å². The maximum absolute atomic E-state index is 13.6. The van der Waals surface area contributed by atoms with E-state index in [0.29, 0.717) is 5.52 Å². The number of aromatic amines is 1. The molecule has 0 aliphatic rings. The zero-order valence-corrected chi connectivity index (χ0v) is 17.6. The molecular formula is C29H18N2O2. The van der Waals surface area contributed by atoms with Crippen molar-refractivity contribution in [3.8, 4) is 16.9 Å². The van der Waals surface area contributed by atoms with Crippen molar-refractivity contribution in [1.29, 1.82) is 0 Å². The van der Waals surface area contributed by atoms with Crippen LogP contribution in [0.1, 0.15) is 0 Å². The summed E-state index contributed by atoms with van der Waals surface area (Å²) in [4.78, 5) is 16.7. The van der Waals surface area contributed by atoms with Crippen molar-refractivity contribution in [3.05, 3.63) is 113 Å². The molecular weight excluding hydrogens is 408 g/mol. The minimum absolute atomic E-state index is 0.118. The monoisotopic (exact) mass is 426 g/mol. The zero-order chi connectivity index (χ0) is 21.9. The van der Waals surface area contributed by atoms with Gasteiger partial charge in [0.25, 0.3) is 5.56 Å². The van der Waals surface area contributed by atoms with Gasteiger partial charge in [-0.3, -0.25) is 4.79 Å². The number of rotatable bonds is 2. The number of para-hydroxylation sites is 2. The molecule has 0 fully saturated rings. The van der Waals surface area contributed by atoms with E-state index in [1.807, 2.05) is 72.8 Å². The fraction of sp³-hybridized carbons (Fsp3) is 0. The van der Waals surface area contributed by atoms with Crippen LogP contribution < -0.4 is 5.56 Å². The molecule has 4 aromatic carbocycles. The first-order chi connectivity index (χ1) is 16.3. The Bertz CT molecular complexity index is 1890. The van der Waals surface area contributed by atoms with E-state index in [-0.39, 0.29) is 5.56 Å². The van der Waals surface area contributed by atoms with E-state index in [9.17, 15) is 4.79 Å². The van der Waals surface area contributed by atoms with Crippen LogP contribution in [0.3, 0.4) is 0 Å². The fourth-order valence-electron chi connectivity index (χ4n) is 4.96. The number of nitrogens with zero attached hydrogens (tertiary/aromatic N) is 1. The smallest absolute Gasteiger partial charge is 0.273 e. The highest BCUT2D eigenvalue weighted by atomic mass is 16.3. The van der Waals surface area contributed by atoms with Gasteiger partial charge in [0.05, 0.1) is 16.6 Å². The third-order valence-corrected chi connectivity index (χ3v) is 6.37. The lowest BCUT2D eigenvalue weighted by Gasteiger charge is -2.09. The van der Waals surface area contributed by atoms with Gasteiger partial charge in [-0.1, -0.05) is 72.8 Å². The molecule has 0 unspecified atom stereocenters. The van der Waals surface area contributed by atoms with E-state index in [2.05, 4.69) is 39.9 Å². The molecule has 0 atom stereocenters. The Morgan fingerprint density at radius 3 is 2.27 bits per heavy atom. The molecule has 7 aromatic rings. The molecule has 0 radical (unpaired) electrons. The SMILES string of the molecule is O=c1[nH]c(-c2ccccc2)cc2c3ccccc3n(-c3cccc4oc5ccccc5c34)c12. The number of pyridine rings is 1. The Morgan fingerprint density at radius 2 is 1.39 bits per heavy atom. The number of nitrogens with one attached hydrogen (secondary N) is 1. The average molecular weight is 426 g/mol. The number of hydrogen-bond acceptors (Lipinski definition) is 2. The van der Waals surface area contributed by atoms with Crippen molar-refractivity contribution in [2.24, 2.45) is 0 Å². The van der Waals surface area contributed by atoms with Gasteiger partial charge >= 0.3 is 0 Å². The fourth-order valence-corrected chi connectivity index (χ4v) is 4.96. The van der Waals surface area contributed by atoms with Gasteiger partial charge in [-0.05, 0) is 35.9 Å². The molecule has 33 heavy (non-hydrogen) atoms. The van der Waals surface area contributed by atoms with Gasteiger partial charge in [-0.2, -0.15) is 0 Å². The van der Waals surface area contributed by atoms with Crippen molar-refractivity contribution in [2.45, 2.75) is 0 Å². The molecule has 4 nitrogen and oxygen atoms in total. The summed E-state index contributed by atoms with van der Waals surface area (Å²) in [6.07, 6.45) is 0. The topological polar surface area (TPSA) is 50.9 Å². The van der Waals surface area contributed by atoms with E-state index < -0.39 is 0 Å². The van der Waals surface area contributed by atoms with Crippen LogP contribution in [0.4, 0.5) is 0 Å². The van der Waals surface area contributed by atoms with Crippen LogP contribution in [0.25, 0.3) is 60.7 Å². The first-order valence-corrected chi connectivity index (χ1v) is 10.9. The standard InChI is InChI=1S/C29H18N2O2/c32-29-28-21(17-22(30-29)18-9-2-1-3-10-18)19-11-4-6-13-23(19)31(28)24-14-8-16-26-27(24)20-12-5-7-15-25(20)33-26/h1-17H,(H,30,32). The Balaban J connectivity index is 1.65. The molecule has 3 aromatic heterocycles. The molecule has 0 amide bonds. The van der Waals surface area contributed by atoms with Gasteiger partial charge in [0.15, 0.2) is 0 Å². The van der Waals surface area contributed by atoms with Crippen LogP contribution in [-0.2, 0) is 0 Å². The van der Waals surface area contributed by atoms with Crippen LogP contribution in [0.2, 0.25) is 0 Å². The highest BCUT2D eigenvalue weighted by molar-refractivity contribution is 6.14. The molecule has 156 valence electrons. The molecule has 4 heteroatoms. The minimum atomic E-state index is -0.118. The highest BCUT2D eigenvalue weighted by Gasteiger charge is 2.20. The number of aromatic nitrogens is 2. The lowest BCUT2D eigenvalue weighted by molar-refractivity contribution is 0.669. The summed E-state index contributed by atoms with van der Waals surface area (Å²) in [6.45, 7) is 0. The summed E-state index contributed by atoms with van der Waals surface area (Å²) in [6, 6.07) is 34.2. The van der Waals surface area contributed by atoms with Crippen molar-refractivity contribution in [1.82, 2.24) is 9.55 Å². The van der Waals surface area contributed by atoms with Crippen LogP contribution in [0.15, 0.2) is 112 Å². The van der Waals surface area contributed by atoms with Gasteiger partial charge in [-0.15, -0.1) is 0 Å². The van der Waals surface area contributed by atoms with Crippen molar-refractivity contribution < 1.29 is 4.42 Å². The molecule has 3 heterocycles. The number of fused-ring (bicyclic) bond motifs is 6. The first-order valence-electron chi connectivity index (χ1n) is 10.9. The summed E-state index contributed by atoms with van der Waals surface area (Å²) in [5.41, 5.74) is 5.86. The number of hydrogen-bond donors (Lipinski definition) is 1. The third-order valence-electron chi connectivity index (χ3n) is 6.37. The van der Waals surface area contributed by atoms with Crippen LogP contribution >= 0.6 is 0 Å². The Hall–Kier alpha value is -4.57. The molecule has 0 saturated heterocycles. The lowest BCUT2D eigenvalue weighted by Crippen LogP contribution is -2.11. The normalized spacial score (nSPS) is 11.8. The van der Waals surface area contributed by atoms with E-state index >= 15 is 0 Å². The van der Waals surface area contributed by atoms with E-state index in [1.54, 1.807) is 0 Å². The summed E-state index contributed by atoms with van der Waals surface area (Å²) >= 11 is 0. The molecule has 0 spiro atoms. The first kappa shape index (κ1) is 18.0. The summed E-state index contributed by atoms with van der Waals surface area (Å²) < 4.78 is 8.20. The molecule has 0 bridgehead atoms. The summed E-state index contributed by atoms with van der Waals surface area (Å²) in [5, 5.41) is 4.01. The molecule has 0 saturated carbocycles. The Kier molecular flexibility index (Phi) is 3.67. The van der Waals surface area contributed by atoms with Crippen molar-refractivity contribution in [3.63, 3.8) is 0 Å². The van der Waals surface area contributed by atoms with Gasteiger partial charge in [0.2, 0.25) is 0 Å². The lowest BCUT2D eigenvalue weighted by atomic mass is 10.1. The Labute approximate surface area is 188 Å². The number of furan rings is 1. The minimum Gasteiger partial charge on any atom is -0.456 e. The van der Waals surface area contributed by atoms with Gasteiger partial charge in [0, 0.05) is 21.9 Å². The second-order valence-corrected chi connectivity index (χ2v) is 8.24. The quantitative estimate of drug-likeness (QED) is 0.322.